The Morgan fingerprint density at radius 2 is 1.86 bits per heavy atom. The predicted octanol–water partition coefficient (Wildman–Crippen LogP) is 5.45. The third-order valence-electron chi connectivity index (χ3n) is 3.82. The predicted molar refractivity (Wildman–Crippen MR) is 88.2 cm³/mol. The highest BCUT2D eigenvalue weighted by molar-refractivity contribution is 5.95. The maximum atomic E-state index is 14.3. The third-order valence-corrected chi connectivity index (χ3v) is 3.82. The van der Waals surface area contributed by atoms with Crippen LogP contribution in [0.25, 0.3) is 11.1 Å². The lowest BCUT2D eigenvalue weighted by atomic mass is 10.0. The Balaban J connectivity index is 2.05. The van der Waals surface area contributed by atoms with Crippen molar-refractivity contribution in [3.8, 4) is 11.1 Å². The minimum absolute atomic E-state index is 0.0743. The normalized spacial score (nSPS) is 11.1. The maximum absolute atomic E-state index is 14.3. The number of halogens is 6. The van der Waals surface area contributed by atoms with Crippen LogP contribution in [0, 0.1) is 17.5 Å². The van der Waals surface area contributed by atoms with Crippen LogP contribution in [0.4, 0.5) is 36.8 Å². The maximum Gasteiger partial charge on any atom is 0.346 e. The summed E-state index contributed by atoms with van der Waals surface area (Å²) in [5.41, 5.74) is -1.98. The van der Waals surface area contributed by atoms with Gasteiger partial charge in [-0.1, -0.05) is 12.1 Å². The second-order valence-electron chi connectivity index (χ2n) is 5.63. The van der Waals surface area contributed by atoms with E-state index in [2.05, 4.69) is 5.10 Å². The highest BCUT2D eigenvalue weighted by Gasteiger charge is 2.23. The number of nitrogens with zero attached hydrogens (tertiary/aromatic N) is 2. The van der Waals surface area contributed by atoms with E-state index in [1.807, 2.05) is 5.32 Å². The van der Waals surface area contributed by atoms with Crippen molar-refractivity contribution in [1.29, 1.82) is 0 Å². The van der Waals surface area contributed by atoms with E-state index < -0.39 is 53.7 Å². The first kappa shape index (κ1) is 19.5. The summed E-state index contributed by atoms with van der Waals surface area (Å²) in [5, 5.41) is 5.28. The molecule has 0 aliphatic rings. The summed E-state index contributed by atoms with van der Waals surface area (Å²) in [4.78, 5) is 12.4. The molecule has 28 heavy (non-hydrogen) atoms. The van der Waals surface area contributed by atoms with Crippen LogP contribution in [0.3, 0.4) is 0 Å². The van der Waals surface area contributed by atoms with Gasteiger partial charge >= 0.3 is 6.03 Å². The van der Waals surface area contributed by atoms with E-state index in [1.165, 1.54) is 12.1 Å². The molecule has 146 valence electrons. The molecule has 4 nitrogen and oxygen atoms in total. The van der Waals surface area contributed by atoms with Crippen molar-refractivity contribution in [2.75, 3.05) is 5.32 Å². The summed E-state index contributed by atoms with van der Waals surface area (Å²) < 4.78 is 80.3. The first-order valence-corrected chi connectivity index (χ1v) is 7.80. The number of anilines is 1. The summed E-state index contributed by atoms with van der Waals surface area (Å²) in [5.74, 6) is -3.43. The van der Waals surface area contributed by atoms with Crippen molar-refractivity contribution >= 4 is 11.7 Å². The Labute approximate surface area is 154 Å². The average molecular weight is 399 g/mol. The van der Waals surface area contributed by atoms with Gasteiger partial charge in [0.2, 0.25) is 0 Å². The SMILES string of the molecule is O=C(Nc1c(-c2cccc(F)c2)ccc(F)c1F)n1nc(C(F)F)cc1CF. The molecule has 0 atom stereocenters. The lowest BCUT2D eigenvalue weighted by molar-refractivity contribution is 0.145. The van der Waals surface area contributed by atoms with Gasteiger partial charge in [0.05, 0.1) is 11.4 Å². The van der Waals surface area contributed by atoms with Crippen molar-refractivity contribution in [2.45, 2.75) is 13.1 Å². The van der Waals surface area contributed by atoms with Crippen molar-refractivity contribution in [3.05, 3.63) is 71.3 Å². The lowest BCUT2D eigenvalue weighted by Gasteiger charge is -2.13. The van der Waals surface area contributed by atoms with E-state index in [0.717, 1.165) is 24.3 Å². The molecule has 1 aromatic heterocycles. The number of alkyl halides is 3. The van der Waals surface area contributed by atoms with E-state index in [1.54, 1.807) is 0 Å². The van der Waals surface area contributed by atoms with Crippen molar-refractivity contribution < 1.29 is 31.1 Å². The van der Waals surface area contributed by atoms with Gasteiger partial charge in [0, 0.05) is 5.56 Å². The number of benzene rings is 2. The number of hydrogen-bond donors (Lipinski definition) is 1. The standard InChI is InChI=1S/C18H11F6N3O/c19-8-11-7-14(17(23)24)26-27(11)18(28)25-16-12(4-5-13(21)15(16)22)9-2-1-3-10(20)6-9/h1-7,17H,8H2,(H,25,28). The number of nitrogens with one attached hydrogen (secondary N) is 1. The van der Waals surface area contributed by atoms with Crippen LogP contribution in [0.15, 0.2) is 42.5 Å². The highest BCUT2D eigenvalue weighted by atomic mass is 19.3. The summed E-state index contributed by atoms with van der Waals surface area (Å²) in [7, 11) is 0. The number of carbonyl (C=O) groups is 1. The number of amides is 1. The zero-order valence-electron chi connectivity index (χ0n) is 13.9. The molecule has 10 heteroatoms. The summed E-state index contributed by atoms with van der Waals surface area (Å²) in [6, 6.07) is 6.14. The van der Waals surface area contributed by atoms with E-state index in [0.29, 0.717) is 10.7 Å². The van der Waals surface area contributed by atoms with Gasteiger partial charge in [0.25, 0.3) is 6.43 Å². The Morgan fingerprint density at radius 1 is 1.11 bits per heavy atom. The average Bonchev–Trinajstić information content (AvgIpc) is 3.10. The highest BCUT2D eigenvalue weighted by Crippen LogP contribution is 2.32. The summed E-state index contributed by atoms with van der Waals surface area (Å²) in [6.07, 6.45) is -3.06. The van der Waals surface area contributed by atoms with Crippen molar-refractivity contribution in [2.24, 2.45) is 0 Å². The van der Waals surface area contributed by atoms with Gasteiger partial charge in [-0.2, -0.15) is 9.78 Å². The zero-order chi connectivity index (χ0) is 20.4. The van der Waals surface area contributed by atoms with Gasteiger partial charge in [0.1, 0.15) is 18.2 Å². The van der Waals surface area contributed by atoms with Gasteiger partial charge in [-0.3, -0.25) is 0 Å². The molecule has 1 amide bonds. The van der Waals surface area contributed by atoms with E-state index in [9.17, 15) is 31.1 Å². The molecule has 3 aromatic rings. The van der Waals surface area contributed by atoms with Gasteiger partial charge in [0.15, 0.2) is 11.6 Å². The first-order valence-electron chi connectivity index (χ1n) is 7.80. The molecule has 0 spiro atoms. The van der Waals surface area contributed by atoms with Gasteiger partial charge < -0.3 is 5.32 Å². The number of aromatic nitrogens is 2. The van der Waals surface area contributed by atoms with Crippen LogP contribution in [0.5, 0.6) is 0 Å². The van der Waals surface area contributed by atoms with E-state index in [-0.39, 0.29) is 11.1 Å². The second-order valence-corrected chi connectivity index (χ2v) is 5.63. The second kappa shape index (κ2) is 7.75. The Kier molecular flexibility index (Phi) is 5.39. The van der Waals surface area contributed by atoms with Crippen LogP contribution >= 0.6 is 0 Å². The molecule has 0 aliphatic carbocycles. The van der Waals surface area contributed by atoms with Crippen LogP contribution in [0.2, 0.25) is 0 Å². The molecule has 0 saturated carbocycles. The quantitative estimate of drug-likeness (QED) is 0.593. The number of rotatable bonds is 4. The minimum atomic E-state index is -3.06. The van der Waals surface area contributed by atoms with Crippen LogP contribution in [-0.4, -0.2) is 15.8 Å². The monoisotopic (exact) mass is 399 g/mol. The Morgan fingerprint density at radius 3 is 2.50 bits per heavy atom. The molecule has 3 rings (SSSR count). The Bertz CT molecular complexity index is 1030. The fraction of sp³-hybridized carbons (Fsp3) is 0.111. The van der Waals surface area contributed by atoms with Crippen molar-refractivity contribution in [3.63, 3.8) is 0 Å². The molecular weight excluding hydrogens is 388 g/mol. The van der Waals surface area contributed by atoms with Gasteiger partial charge in [-0.05, 0) is 35.9 Å². The molecule has 0 saturated heterocycles. The fourth-order valence-corrected chi connectivity index (χ4v) is 2.55. The fourth-order valence-electron chi connectivity index (χ4n) is 2.55. The van der Waals surface area contributed by atoms with E-state index in [4.69, 9.17) is 0 Å². The zero-order valence-corrected chi connectivity index (χ0v) is 13.9. The first-order chi connectivity index (χ1) is 13.3. The van der Waals surface area contributed by atoms with Gasteiger partial charge in [-0.15, -0.1) is 0 Å². The molecule has 0 unspecified atom stereocenters. The largest absolute Gasteiger partial charge is 0.346 e. The smallest absolute Gasteiger partial charge is 0.303 e. The number of carbonyl (C=O) groups excluding carboxylic acids is 1. The molecule has 1 N–H and O–H groups in total. The Hall–Kier alpha value is -3.30. The van der Waals surface area contributed by atoms with Crippen molar-refractivity contribution in [1.82, 2.24) is 9.78 Å². The van der Waals surface area contributed by atoms with Gasteiger partial charge in [-0.25, -0.2) is 31.1 Å². The molecule has 1 heterocycles. The molecule has 0 fully saturated rings. The molecule has 0 aliphatic heterocycles. The van der Waals surface area contributed by atoms with E-state index >= 15 is 0 Å². The molecule has 0 radical (unpaired) electrons. The molecule has 0 bridgehead atoms. The van der Waals surface area contributed by atoms with Crippen LogP contribution < -0.4 is 5.32 Å². The number of hydrogen-bond acceptors (Lipinski definition) is 2. The summed E-state index contributed by atoms with van der Waals surface area (Å²) in [6.45, 7) is -1.30. The summed E-state index contributed by atoms with van der Waals surface area (Å²) >= 11 is 0. The topological polar surface area (TPSA) is 46.9 Å². The minimum Gasteiger partial charge on any atom is -0.303 e. The lowest BCUT2D eigenvalue weighted by Crippen LogP contribution is -2.24. The van der Waals surface area contributed by atoms with Crippen LogP contribution in [-0.2, 0) is 6.67 Å². The van der Waals surface area contributed by atoms with Crippen LogP contribution in [0.1, 0.15) is 17.8 Å². The molecule has 2 aromatic carbocycles. The third kappa shape index (κ3) is 3.71. The molecular formula is C18H11F6N3O.